The maximum atomic E-state index is 10.6. The van der Waals surface area contributed by atoms with Crippen molar-refractivity contribution in [3.05, 3.63) is 23.3 Å². The molecule has 0 aromatic carbocycles. The summed E-state index contributed by atoms with van der Waals surface area (Å²) >= 11 is 0. The molecule has 2 rings (SSSR count). The van der Waals surface area contributed by atoms with E-state index in [0.717, 1.165) is 25.3 Å². The average Bonchev–Trinajstić information content (AvgIpc) is 2.28. The molecule has 0 spiro atoms. The van der Waals surface area contributed by atoms with Crippen molar-refractivity contribution < 1.29 is 23.1 Å². The molecule has 0 aliphatic carbocycles. The molecule has 1 aliphatic heterocycles. The monoisotopic (exact) mass is 263 g/mol. The number of nitrogens with zero attached hydrogens (tertiary/aromatic N) is 2. The zero-order valence-corrected chi connectivity index (χ0v) is 9.58. The molecule has 0 atom stereocenters. The largest absolute Gasteiger partial charge is 0.490 e. The maximum absolute atomic E-state index is 10.6. The number of carbonyl (C=O) groups is 1. The normalized spacial score (nSPS) is 14.2. The predicted octanol–water partition coefficient (Wildman–Crippen LogP) is 1.06. The smallest absolute Gasteiger partial charge is 0.475 e. The Morgan fingerprint density at radius 1 is 1.50 bits per heavy atom. The Balaban J connectivity index is 0.000000203. The zero-order valence-electron chi connectivity index (χ0n) is 9.58. The van der Waals surface area contributed by atoms with Crippen LogP contribution in [-0.4, -0.2) is 33.8 Å². The molecule has 8 heteroatoms. The number of aromatic nitrogens is 2. The van der Waals surface area contributed by atoms with E-state index < -0.39 is 12.1 Å². The van der Waals surface area contributed by atoms with Crippen LogP contribution in [0.2, 0.25) is 0 Å². The minimum atomic E-state index is -5.08. The molecule has 2 heterocycles. The Labute approximate surface area is 101 Å². The minimum absolute atomic E-state index is 0.880. The van der Waals surface area contributed by atoms with Crippen molar-refractivity contribution >= 4 is 5.97 Å². The first kappa shape index (κ1) is 14.4. The molecule has 100 valence electrons. The third-order valence-electron chi connectivity index (χ3n) is 2.17. The van der Waals surface area contributed by atoms with Crippen LogP contribution in [0.5, 0.6) is 0 Å². The topological polar surface area (TPSA) is 75.1 Å². The molecule has 0 saturated carbocycles. The van der Waals surface area contributed by atoms with Crippen molar-refractivity contribution in [1.29, 1.82) is 0 Å². The van der Waals surface area contributed by atoms with Gasteiger partial charge in [0.2, 0.25) is 0 Å². The first-order chi connectivity index (χ1) is 8.30. The lowest BCUT2D eigenvalue weighted by Gasteiger charge is -2.14. The van der Waals surface area contributed by atoms with Gasteiger partial charge in [-0.25, -0.2) is 14.8 Å². The minimum Gasteiger partial charge on any atom is -0.475 e. The molecule has 1 aliphatic rings. The summed E-state index contributed by atoms with van der Waals surface area (Å²) in [6, 6.07) is 0. The van der Waals surface area contributed by atoms with Crippen LogP contribution in [-0.2, 0) is 17.8 Å². The van der Waals surface area contributed by atoms with E-state index in [2.05, 4.69) is 15.3 Å². The molecule has 1 aromatic rings. The van der Waals surface area contributed by atoms with Gasteiger partial charge in [0, 0.05) is 37.0 Å². The van der Waals surface area contributed by atoms with Gasteiger partial charge in [-0.2, -0.15) is 13.2 Å². The van der Waals surface area contributed by atoms with Gasteiger partial charge in [0.25, 0.3) is 0 Å². The Kier molecular flexibility index (Phi) is 4.60. The van der Waals surface area contributed by atoms with Crippen molar-refractivity contribution in [2.45, 2.75) is 26.1 Å². The van der Waals surface area contributed by atoms with Gasteiger partial charge < -0.3 is 10.4 Å². The fraction of sp³-hybridized carbons (Fsp3) is 0.500. The van der Waals surface area contributed by atoms with Gasteiger partial charge in [0.1, 0.15) is 5.82 Å². The third-order valence-corrected chi connectivity index (χ3v) is 2.17. The zero-order chi connectivity index (χ0) is 13.8. The first-order valence-corrected chi connectivity index (χ1v) is 5.13. The molecule has 0 amide bonds. The van der Waals surface area contributed by atoms with Gasteiger partial charge in [-0.3, -0.25) is 0 Å². The molecular weight excluding hydrogens is 251 g/mol. The lowest BCUT2D eigenvalue weighted by molar-refractivity contribution is -0.192. The highest BCUT2D eigenvalue weighted by Gasteiger charge is 2.38. The number of aryl methyl sites for hydroxylation is 1. The maximum Gasteiger partial charge on any atom is 0.490 e. The van der Waals surface area contributed by atoms with Crippen LogP contribution < -0.4 is 5.32 Å². The van der Waals surface area contributed by atoms with Gasteiger partial charge in [-0.15, -0.1) is 0 Å². The van der Waals surface area contributed by atoms with E-state index in [9.17, 15) is 13.2 Å². The number of alkyl halides is 3. The predicted molar refractivity (Wildman–Crippen MR) is 55.9 cm³/mol. The van der Waals surface area contributed by atoms with Crippen LogP contribution in [0, 0.1) is 6.92 Å². The molecule has 0 saturated heterocycles. The van der Waals surface area contributed by atoms with Crippen LogP contribution in [0.15, 0.2) is 6.20 Å². The van der Waals surface area contributed by atoms with Crippen molar-refractivity contribution in [2.75, 3.05) is 6.54 Å². The molecule has 0 fully saturated rings. The van der Waals surface area contributed by atoms with Crippen LogP contribution in [0.4, 0.5) is 13.2 Å². The summed E-state index contributed by atoms with van der Waals surface area (Å²) in [6.07, 6.45) is -2.12. The lowest BCUT2D eigenvalue weighted by atomic mass is 10.1. The van der Waals surface area contributed by atoms with E-state index in [4.69, 9.17) is 9.90 Å². The fourth-order valence-corrected chi connectivity index (χ4v) is 1.34. The molecule has 0 radical (unpaired) electrons. The summed E-state index contributed by atoms with van der Waals surface area (Å²) in [5.41, 5.74) is 2.47. The number of fused-ring (bicyclic) bond motifs is 1. The highest BCUT2D eigenvalue weighted by Crippen LogP contribution is 2.13. The standard InChI is InChI=1S/C8H11N3.C2HF3O2/c1-6-10-5-7-4-9-3-2-8(7)11-6;3-2(4,5)1(6)7/h5,9H,2-4H2,1H3;(H,6,7). The number of carboxylic acids is 1. The van der Waals surface area contributed by atoms with Crippen molar-refractivity contribution in [1.82, 2.24) is 15.3 Å². The molecule has 0 bridgehead atoms. The SMILES string of the molecule is Cc1ncc2c(n1)CCNC2.O=C(O)C(F)(F)F. The Morgan fingerprint density at radius 2 is 2.11 bits per heavy atom. The second kappa shape index (κ2) is 5.76. The number of hydrogen-bond donors (Lipinski definition) is 2. The van der Waals surface area contributed by atoms with Crippen LogP contribution >= 0.6 is 0 Å². The summed E-state index contributed by atoms with van der Waals surface area (Å²) in [4.78, 5) is 17.4. The number of halogens is 3. The molecule has 0 unspecified atom stereocenters. The Bertz CT molecular complexity index is 435. The Hall–Kier alpha value is -1.70. The highest BCUT2D eigenvalue weighted by molar-refractivity contribution is 5.73. The van der Waals surface area contributed by atoms with E-state index in [1.807, 2.05) is 13.1 Å². The second-order valence-electron chi connectivity index (χ2n) is 3.62. The van der Waals surface area contributed by atoms with Crippen LogP contribution in [0.3, 0.4) is 0 Å². The van der Waals surface area contributed by atoms with Crippen LogP contribution in [0.1, 0.15) is 17.1 Å². The molecule has 2 N–H and O–H groups in total. The van der Waals surface area contributed by atoms with E-state index in [1.54, 1.807) is 0 Å². The number of rotatable bonds is 0. The summed E-state index contributed by atoms with van der Waals surface area (Å²) in [7, 11) is 0. The van der Waals surface area contributed by atoms with Crippen molar-refractivity contribution in [2.24, 2.45) is 0 Å². The van der Waals surface area contributed by atoms with Crippen molar-refractivity contribution in [3.8, 4) is 0 Å². The average molecular weight is 263 g/mol. The number of carboxylic acid groups (broad SMARTS) is 1. The van der Waals surface area contributed by atoms with Crippen LogP contribution in [0.25, 0.3) is 0 Å². The van der Waals surface area contributed by atoms with E-state index in [0.29, 0.717) is 0 Å². The van der Waals surface area contributed by atoms with Crippen molar-refractivity contribution in [3.63, 3.8) is 0 Å². The van der Waals surface area contributed by atoms with Gasteiger partial charge in [0.15, 0.2) is 0 Å². The van der Waals surface area contributed by atoms with E-state index >= 15 is 0 Å². The fourth-order valence-electron chi connectivity index (χ4n) is 1.34. The molecule has 5 nitrogen and oxygen atoms in total. The number of nitrogens with one attached hydrogen (secondary N) is 1. The summed E-state index contributed by atoms with van der Waals surface area (Å²) in [6.45, 7) is 3.90. The van der Waals surface area contributed by atoms with Gasteiger partial charge in [0.05, 0.1) is 0 Å². The quantitative estimate of drug-likeness (QED) is 0.732. The Morgan fingerprint density at radius 3 is 2.67 bits per heavy atom. The number of aliphatic carboxylic acids is 1. The molecule has 1 aromatic heterocycles. The highest BCUT2D eigenvalue weighted by atomic mass is 19.4. The second-order valence-corrected chi connectivity index (χ2v) is 3.62. The van der Waals surface area contributed by atoms with Gasteiger partial charge in [-0.05, 0) is 6.92 Å². The first-order valence-electron chi connectivity index (χ1n) is 5.13. The molecule has 18 heavy (non-hydrogen) atoms. The summed E-state index contributed by atoms with van der Waals surface area (Å²) < 4.78 is 31.7. The van der Waals surface area contributed by atoms with Gasteiger partial charge >= 0.3 is 12.1 Å². The molecular formula is C10H12F3N3O2. The van der Waals surface area contributed by atoms with E-state index in [1.165, 1.54) is 11.3 Å². The number of hydrogen-bond acceptors (Lipinski definition) is 4. The van der Waals surface area contributed by atoms with E-state index in [-0.39, 0.29) is 0 Å². The summed E-state index contributed by atoms with van der Waals surface area (Å²) in [5.74, 6) is -1.88. The lowest BCUT2D eigenvalue weighted by Crippen LogP contribution is -2.25. The third kappa shape index (κ3) is 4.28. The summed E-state index contributed by atoms with van der Waals surface area (Å²) in [5, 5.41) is 10.4. The van der Waals surface area contributed by atoms with Gasteiger partial charge in [-0.1, -0.05) is 0 Å².